The molecule has 0 amide bonds. The van der Waals surface area contributed by atoms with E-state index >= 15 is 0 Å². The molecule has 3 rings (SSSR count). The molecule has 16 heavy (non-hydrogen) atoms. The SMILES string of the molecule is C[C@]12CCNC(Cc3cc(C#N)ccc31)C2. The molecule has 0 aromatic heterocycles. The van der Waals surface area contributed by atoms with Crippen LogP contribution in [0.4, 0.5) is 0 Å². The Kier molecular flexibility index (Phi) is 2.05. The highest BCUT2D eigenvalue weighted by atomic mass is 14.9. The van der Waals surface area contributed by atoms with Gasteiger partial charge in [-0.1, -0.05) is 13.0 Å². The summed E-state index contributed by atoms with van der Waals surface area (Å²) in [6.07, 6.45) is 3.54. The van der Waals surface area contributed by atoms with Gasteiger partial charge in [-0.3, -0.25) is 0 Å². The van der Waals surface area contributed by atoms with Crippen molar-refractivity contribution in [3.05, 3.63) is 34.9 Å². The maximum absolute atomic E-state index is 8.94. The molecule has 1 aliphatic heterocycles. The van der Waals surface area contributed by atoms with E-state index in [1.54, 1.807) is 0 Å². The van der Waals surface area contributed by atoms with E-state index in [1.165, 1.54) is 24.0 Å². The van der Waals surface area contributed by atoms with Crippen molar-refractivity contribution in [1.82, 2.24) is 5.32 Å². The van der Waals surface area contributed by atoms with Crippen molar-refractivity contribution in [2.75, 3.05) is 6.54 Å². The molecule has 1 unspecified atom stereocenters. The van der Waals surface area contributed by atoms with E-state index in [-0.39, 0.29) is 0 Å². The Morgan fingerprint density at radius 3 is 3.19 bits per heavy atom. The molecule has 2 heteroatoms. The number of nitrogens with one attached hydrogen (secondary N) is 1. The van der Waals surface area contributed by atoms with Crippen LogP contribution in [0.3, 0.4) is 0 Å². The Hall–Kier alpha value is -1.33. The van der Waals surface area contributed by atoms with Crippen molar-refractivity contribution < 1.29 is 0 Å². The van der Waals surface area contributed by atoms with Gasteiger partial charge in [-0.2, -0.15) is 5.26 Å². The Balaban J connectivity index is 2.13. The highest BCUT2D eigenvalue weighted by Gasteiger charge is 2.39. The number of hydrogen-bond donors (Lipinski definition) is 1. The van der Waals surface area contributed by atoms with Gasteiger partial charge in [0, 0.05) is 6.04 Å². The number of piperidine rings is 1. The van der Waals surface area contributed by atoms with Gasteiger partial charge in [0.2, 0.25) is 0 Å². The topological polar surface area (TPSA) is 35.8 Å². The van der Waals surface area contributed by atoms with Crippen LogP contribution in [-0.4, -0.2) is 12.6 Å². The molecule has 0 saturated carbocycles. The zero-order valence-corrected chi connectivity index (χ0v) is 9.59. The molecule has 0 spiro atoms. The molecule has 1 aromatic rings. The highest BCUT2D eigenvalue weighted by molar-refractivity contribution is 5.44. The van der Waals surface area contributed by atoms with Gasteiger partial charge in [-0.25, -0.2) is 0 Å². The van der Waals surface area contributed by atoms with Crippen molar-refractivity contribution in [2.24, 2.45) is 0 Å². The number of fused-ring (bicyclic) bond motifs is 4. The van der Waals surface area contributed by atoms with Crippen molar-refractivity contribution in [3.8, 4) is 6.07 Å². The lowest BCUT2D eigenvalue weighted by Crippen LogP contribution is -2.49. The summed E-state index contributed by atoms with van der Waals surface area (Å²) in [5, 5.41) is 12.5. The van der Waals surface area contributed by atoms with Crippen LogP contribution in [-0.2, 0) is 11.8 Å². The number of benzene rings is 1. The van der Waals surface area contributed by atoms with Gasteiger partial charge in [0.1, 0.15) is 0 Å². The molecular weight excluding hydrogens is 196 g/mol. The first-order valence-electron chi connectivity index (χ1n) is 5.98. The minimum absolute atomic E-state index is 0.331. The van der Waals surface area contributed by atoms with Crippen molar-refractivity contribution in [2.45, 2.75) is 37.6 Å². The summed E-state index contributed by atoms with van der Waals surface area (Å²) in [5.74, 6) is 0. The van der Waals surface area contributed by atoms with Gasteiger partial charge < -0.3 is 5.32 Å². The zero-order chi connectivity index (χ0) is 11.2. The van der Waals surface area contributed by atoms with Crippen molar-refractivity contribution >= 4 is 0 Å². The van der Waals surface area contributed by atoms with Crippen LogP contribution >= 0.6 is 0 Å². The van der Waals surface area contributed by atoms with Gasteiger partial charge in [-0.05, 0) is 54.5 Å². The summed E-state index contributed by atoms with van der Waals surface area (Å²) in [6.45, 7) is 3.49. The largest absolute Gasteiger partial charge is 0.314 e. The van der Waals surface area contributed by atoms with Crippen molar-refractivity contribution in [1.29, 1.82) is 5.26 Å². The molecule has 1 fully saturated rings. The lowest BCUT2D eigenvalue weighted by atomic mass is 9.65. The summed E-state index contributed by atoms with van der Waals surface area (Å²) in [6, 6.07) is 9.06. The standard InChI is InChI=1S/C14H16N2/c1-14-4-5-16-12(8-14)7-11-6-10(9-15)2-3-13(11)14/h2-3,6,12,16H,4-5,7-8H2,1H3/t12?,14-/m1/s1. The van der Waals surface area contributed by atoms with Crippen LogP contribution in [0.15, 0.2) is 18.2 Å². The third-order valence-electron chi connectivity index (χ3n) is 4.16. The molecule has 1 heterocycles. The van der Waals surface area contributed by atoms with Gasteiger partial charge in [-0.15, -0.1) is 0 Å². The van der Waals surface area contributed by atoms with Crippen LogP contribution in [0.5, 0.6) is 0 Å². The zero-order valence-electron chi connectivity index (χ0n) is 9.59. The van der Waals surface area contributed by atoms with E-state index in [0.29, 0.717) is 11.5 Å². The molecule has 82 valence electrons. The van der Waals surface area contributed by atoms with Gasteiger partial charge in [0.15, 0.2) is 0 Å². The summed E-state index contributed by atoms with van der Waals surface area (Å²) in [4.78, 5) is 0. The Bertz CT molecular complexity index is 472. The Morgan fingerprint density at radius 2 is 2.38 bits per heavy atom. The van der Waals surface area contributed by atoms with Gasteiger partial charge in [0.05, 0.1) is 11.6 Å². The Labute approximate surface area is 96.3 Å². The molecule has 0 radical (unpaired) electrons. The quantitative estimate of drug-likeness (QED) is 0.715. The lowest BCUT2D eigenvalue weighted by Gasteiger charge is -2.45. The average Bonchev–Trinajstić information content (AvgIpc) is 2.28. The molecule has 2 nitrogen and oxygen atoms in total. The third kappa shape index (κ3) is 1.36. The first-order chi connectivity index (χ1) is 7.71. The van der Waals surface area contributed by atoms with Crippen LogP contribution in [0.2, 0.25) is 0 Å². The molecule has 1 N–H and O–H groups in total. The molecule has 1 saturated heterocycles. The smallest absolute Gasteiger partial charge is 0.0991 e. The molecular formula is C14H16N2. The highest BCUT2D eigenvalue weighted by Crippen LogP contribution is 2.41. The lowest BCUT2D eigenvalue weighted by molar-refractivity contribution is 0.249. The van der Waals surface area contributed by atoms with E-state index in [4.69, 9.17) is 5.26 Å². The van der Waals surface area contributed by atoms with E-state index in [9.17, 15) is 0 Å². The summed E-state index contributed by atoms with van der Waals surface area (Å²) < 4.78 is 0. The summed E-state index contributed by atoms with van der Waals surface area (Å²) in [7, 11) is 0. The van der Waals surface area contributed by atoms with Crippen LogP contribution in [0, 0.1) is 11.3 Å². The van der Waals surface area contributed by atoms with Crippen LogP contribution < -0.4 is 5.32 Å². The maximum Gasteiger partial charge on any atom is 0.0991 e. The Morgan fingerprint density at radius 1 is 1.50 bits per heavy atom. The number of nitrogens with zero attached hydrogens (tertiary/aromatic N) is 1. The average molecular weight is 212 g/mol. The first kappa shape index (κ1) is 9.86. The monoisotopic (exact) mass is 212 g/mol. The van der Waals surface area contributed by atoms with Crippen LogP contribution in [0.25, 0.3) is 0 Å². The first-order valence-corrected chi connectivity index (χ1v) is 5.98. The fourth-order valence-corrected chi connectivity index (χ4v) is 3.35. The predicted octanol–water partition coefficient (Wildman–Crippen LogP) is 2.12. The summed E-state index contributed by atoms with van der Waals surface area (Å²) in [5.41, 5.74) is 3.98. The summed E-state index contributed by atoms with van der Waals surface area (Å²) >= 11 is 0. The molecule has 1 aromatic carbocycles. The van der Waals surface area contributed by atoms with Gasteiger partial charge in [0.25, 0.3) is 0 Å². The maximum atomic E-state index is 8.94. The molecule has 1 aliphatic carbocycles. The minimum atomic E-state index is 0.331. The van der Waals surface area contributed by atoms with E-state index in [2.05, 4.69) is 30.4 Å². The molecule has 2 aliphatic rings. The van der Waals surface area contributed by atoms with E-state index < -0.39 is 0 Å². The molecule has 2 atom stereocenters. The normalized spacial score (nSPS) is 31.6. The van der Waals surface area contributed by atoms with Gasteiger partial charge >= 0.3 is 0 Å². The second kappa shape index (κ2) is 3.33. The third-order valence-corrected chi connectivity index (χ3v) is 4.16. The second-order valence-electron chi connectivity index (χ2n) is 5.35. The fraction of sp³-hybridized carbons (Fsp3) is 0.500. The number of rotatable bonds is 0. The predicted molar refractivity (Wildman–Crippen MR) is 63.2 cm³/mol. The number of nitriles is 1. The molecule has 2 bridgehead atoms. The van der Waals surface area contributed by atoms with E-state index in [0.717, 1.165) is 18.5 Å². The van der Waals surface area contributed by atoms with E-state index in [1.807, 2.05) is 6.07 Å². The minimum Gasteiger partial charge on any atom is -0.314 e. The fourth-order valence-electron chi connectivity index (χ4n) is 3.35. The number of hydrogen-bond acceptors (Lipinski definition) is 2. The van der Waals surface area contributed by atoms with Crippen LogP contribution in [0.1, 0.15) is 36.5 Å². The second-order valence-corrected chi connectivity index (χ2v) is 5.35. The van der Waals surface area contributed by atoms with Crippen molar-refractivity contribution in [3.63, 3.8) is 0 Å².